The van der Waals surface area contributed by atoms with Gasteiger partial charge in [-0.05, 0) is 48.7 Å². The van der Waals surface area contributed by atoms with Crippen LogP contribution in [0.5, 0.6) is 0 Å². The smallest absolute Gasteiger partial charge is 0.103 e. The van der Waals surface area contributed by atoms with Gasteiger partial charge >= 0.3 is 0 Å². The monoisotopic (exact) mass is 451 g/mol. The second-order valence-electron chi connectivity index (χ2n) is 8.01. The second-order valence-corrected chi connectivity index (χ2v) is 8.01. The first kappa shape index (κ1) is 23.2. The van der Waals surface area contributed by atoms with Crippen molar-refractivity contribution in [2.75, 3.05) is 25.1 Å². The number of anilines is 2. The summed E-state index contributed by atoms with van der Waals surface area (Å²) < 4.78 is 5.35. The standard InChI is InChI=1S/C28H29N5O/c1-3-34-15-14-30-17-22-6-4-21(5-7-22)8-9-23-18-31-19-24(16-29)28(23)33-26-10-11-27-25(20(26)2)12-13-32-27/h4-13,18-19,30,32H,3,14-15,17H2,1-2H3,(H,31,33)/b9-8+. The van der Waals surface area contributed by atoms with E-state index in [1.165, 1.54) is 5.56 Å². The molecule has 0 aliphatic heterocycles. The highest BCUT2D eigenvalue weighted by Gasteiger charge is 2.11. The van der Waals surface area contributed by atoms with Crippen LogP contribution in [0.4, 0.5) is 11.4 Å². The molecule has 0 saturated carbocycles. The van der Waals surface area contributed by atoms with Crippen molar-refractivity contribution in [3.05, 3.63) is 88.9 Å². The highest BCUT2D eigenvalue weighted by Crippen LogP contribution is 2.31. The van der Waals surface area contributed by atoms with Gasteiger partial charge in [0.25, 0.3) is 0 Å². The van der Waals surface area contributed by atoms with Crippen molar-refractivity contribution in [3.63, 3.8) is 0 Å². The number of rotatable bonds is 10. The molecule has 2 heterocycles. The molecule has 3 N–H and O–H groups in total. The third-order valence-electron chi connectivity index (χ3n) is 5.75. The zero-order valence-electron chi connectivity index (χ0n) is 19.6. The Morgan fingerprint density at radius 3 is 2.74 bits per heavy atom. The minimum atomic E-state index is 0.504. The predicted octanol–water partition coefficient (Wildman–Crippen LogP) is 5.78. The molecule has 0 aliphatic carbocycles. The Morgan fingerprint density at radius 2 is 1.94 bits per heavy atom. The number of hydrogen-bond acceptors (Lipinski definition) is 5. The van der Waals surface area contributed by atoms with Crippen molar-refractivity contribution in [2.24, 2.45) is 0 Å². The van der Waals surface area contributed by atoms with Gasteiger partial charge in [0.2, 0.25) is 0 Å². The van der Waals surface area contributed by atoms with Gasteiger partial charge in [0.15, 0.2) is 0 Å². The molecule has 6 nitrogen and oxygen atoms in total. The molecule has 172 valence electrons. The lowest BCUT2D eigenvalue weighted by molar-refractivity contribution is 0.149. The number of nitrogens with zero attached hydrogens (tertiary/aromatic N) is 2. The number of nitrogens with one attached hydrogen (secondary N) is 3. The Hall–Kier alpha value is -3.92. The summed E-state index contributed by atoms with van der Waals surface area (Å²) in [5, 5.41) is 17.7. The molecule has 0 amide bonds. The van der Waals surface area contributed by atoms with E-state index in [0.29, 0.717) is 5.56 Å². The van der Waals surface area contributed by atoms with Gasteiger partial charge in [-0.2, -0.15) is 5.26 Å². The summed E-state index contributed by atoms with van der Waals surface area (Å²) in [6, 6.07) is 16.8. The van der Waals surface area contributed by atoms with Crippen molar-refractivity contribution < 1.29 is 4.74 Å². The van der Waals surface area contributed by atoms with E-state index in [0.717, 1.165) is 65.3 Å². The molecule has 0 bridgehead atoms. The Kier molecular flexibility index (Phi) is 7.71. The molecular formula is C28H29N5O. The summed E-state index contributed by atoms with van der Waals surface area (Å²) in [7, 11) is 0. The van der Waals surface area contributed by atoms with Crippen molar-refractivity contribution in [1.29, 1.82) is 5.26 Å². The summed E-state index contributed by atoms with van der Waals surface area (Å²) in [5.74, 6) is 0. The number of ether oxygens (including phenoxy) is 1. The fourth-order valence-corrected chi connectivity index (χ4v) is 3.84. The Morgan fingerprint density at radius 1 is 1.09 bits per heavy atom. The van der Waals surface area contributed by atoms with Crippen LogP contribution >= 0.6 is 0 Å². The lowest BCUT2D eigenvalue weighted by atomic mass is 10.1. The highest BCUT2D eigenvalue weighted by molar-refractivity contribution is 5.90. The average Bonchev–Trinajstić information content (AvgIpc) is 3.35. The SMILES string of the molecule is CCOCCNCc1ccc(/C=C/c2cncc(C#N)c2Nc2ccc3[nH]ccc3c2C)cc1. The van der Waals surface area contributed by atoms with Crippen LogP contribution in [0.3, 0.4) is 0 Å². The van der Waals surface area contributed by atoms with Crippen molar-refractivity contribution in [2.45, 2.75) is 20.4 Å². The molecule has 0 aliphatic rings. The van der Waals surface area contributed by atoms with Crippen LogP contribution in [0.25, 0.3) is 23.1 Å². The van der Waals surface area contributed by atoms with E-state index >= 15 is 0 Å². The number of nitriles is 1. The van der Waals surface area contributed by atoms with Gasteiger partial charge in [0, 0.05) is 60.4 Å². The minimum absolute atomic E-state index is 0.504. The van der Waals surface area contributed by atoms with Crippen molar-refractivity contribution in [3.8, 4) is 6.07 Å². The largest absolute Gasteiger partial charge is 0.380 e. The molecule has 0 fully saturated rings. The van der Waals surface area contributed by atoms with Crippen LogP contribution in [-0.4, -0.2) is 29.7 Å². The number of H-pyrrole nitrogens is 1. The topological polar surface area (TPSA) is 85.8 Å². The number of benzene rings is 2. The molecule has 4 aromatic rings. The second kappa shape index (κ2) is 11.3. The lowest BCUT2D eigenvalue weighted by Gasteiger charge is -2.14. The zero-order chi connectivity index (χ0) is 23.8. The van der Waals surface area contributed by atoms with E-state index in [-0.39, 0.29) is 0 Å². The highest BCUT2D eigenvalue weighted by atomic mass is 16.5. The van der Waals surface area contributed by atoms with Gasteiger partial charge in [0.05, 0.1) is 17.9 Å². The third-order valence-corrected chi connectivity index (χ3v) is 5.75. The molecule has 6 heteroatoms. The first-order valence-electron chi connectivity index (χ1n) is 11.5. The molecule has 0 unspecified atom stereocenters. The van der Waals surface area contributed by atoms with E-state index in [4.69, 9.17) is 4.74 Å². The molecule has 34 heavy (non-hydrogen) atoms. The quantitative estimate of drug-likeness (QED) is 0.266. The maximum Gasteiger partial charge on any atom is 0.103 e. The Balaban J connectivity index is 1.51. The molecular weight excluding hydrogens is 422 g/mol. The molecule has 2 aromatic heterocycles. The molecule has 4 rings (SSSR count). The first-order valence-corrected chi connectivity index (χ1v) is 11.5. The number of aromatic nitrogens is 2. The first-order chi connectivity index (χ1) is 16.7. The van der Waals surface area contributed by atoms with Crippen molar-refractivity contribution >= 4 is 34.4 Å². The Bertz CT molecular complexity index is 1320. The van der Waals surface area contributed by atoms with Crippen LogP contribution in [0, 0.1) is 18.3 Å². The van der Waals surface area contributed by atoms with E-state index in [2.05, 4.69) is 63.9 Å². The molecule has 0 atom stereocenters. The number of fused-ring (bicyclic) bond motifs is 1. The minimum Gasteiger partial charge on any atom is -0.380 e. The maximum atomic E-state index is 9.69. The summed E-state index contributed by atoms with van der Waals surface area (Å²) in [5.41, 5.74) is 7.59. The fourth-order valence-electron chi connectivity index (χ4n) is 3.84. The lowest BCUT2D eigenvalue weighted by Crippen LogP contribution is -2.19. The summed E-state index contributed by atoms with van der Waals surface area (Å²) in [4.78, 5) is 7.50. The van der Waals surface area contributed by atoms with Gasteiger partial charge in [-0.15, -0.1) is 0 Å². The Labute approximate surface area is 200 Å². The summed E-state index contributed by atoms with van der Waals surface area (Å²) >= 11 is 0. The summed E-state index contributed by atoms with van der Waals surface area (Å²) in [6.07, 6.45) is 9.34. The fraction of sp³-hybridized carbons (Fsp3) is 0.214. The number of aromatic amines is 1. The number of pyridine rings is 1. The van der Waals surface area contributed by atoms with Gasteiger partial charge < -0.3 is 20.4 Å². The number of hydrogen-bond donors (Lipinski definition) is 3. The van der Waals surface area contributed by atoms with Gasteiger partial charge in [-0.1, -0.05) is 36.4 Å². The van der Waals surface area contributed by atoms with E-state index in [9.17, 15) is 5.26 Å². The van der Waals surface area contributed by atoms with Gasteiger partial charge in [-0.25, -0.2) is 0 Å². The van der Waals surface area contributed by atoms with Gasteiger partial charge in [0.1, 0.15) is 6.07 Å². The molecule has 0 saturated heterocycles. The molecule has 0 spiro atoms. The van der Waals surface area contributed by atoms with E-state index in [1.807, 2.05) is 37.4 Å². The zero-order valence-corrected chi connectivity index (χ0v) is 19.6. The predicted molar refractivity (Wildman–Crippen MR) is 139 cm³/mol. The van der Waals surface area contributed by atoms with E-state index in [1.54, 1.807) is 12.4 Å². The third kappa shape index (κ3) is 5.52. The van der Waals surface area contributed by atoms with Crippen molar-refractivity contribution in [1.82, 2.24) is 15.3 Å². The van der Waals surface area contributed by atoms with Crippen LogP contribution in [0.2, 0.25) is 0 Å². The molecule has 2 aromatic carbocycles. The van der Waals surface area contributed by atoms with Crippen LogP contribution in [-0.2, 0) is 11.3 Å². The van der Waals surface area contributed by atoms with Crippen LogP contribution in [0.15, 0.2) is 61.1 Å². The maximum absolute atomic E-state index is 9.69. The average molecular weight is 452 g/mol. The molecule has 0 radical (unpaired) electrons. The van der Waals surface area contributed by atoms with Gasteiger partial charge in [-0.3, -0.25) is 4.98 Å². The van der Waals surface area contributed by atoms with E-state index < -0.39 is 0 Å². The van der Waals surface area contributed by atoms with Crippen LogP contribution < -0.4 is 10.6 Å². The number of aryl methyl sites for hydroxylation is 1. The van der Waals surface area contributed by atoms with Crippen LogP contribution in [0.1, 0.15) is 34.7 Å². The summed E-state index contributed by atoms with van der Waals surface area (Å²) in [6.45, 7) is 7.19. The normalized spacial score (nSPS) is 11.2.